The molecule has 0 fully saturated rings. The number of aliphatic carboxylic acids is 1. The number of carboxylic acids is 1. The first-order chi connectivity index (χ1) is 4.33. The zero-order valence-electron chi connectivity index (χ0n) is 6.25. The molecule has 0 rings (SSSR count). The average Bonchev–Trinajstić information content (AvgIpc) is 1.60. The Morgan fingerprint density at radius 3 is 2.00 bits per heavy atom. The van der Waals surface area contributed by atoms with E-state index in [1.165, 1.54) is 0 Å². The van der Waals surface area contributed by atoms with Crippen molar-refractivity contribution in [2.24, 2.45) is 0 Å². The Morgan fingerprint density at radius 1 is 1.50 bits per heavy atom. The fourth-order valence-electron chi connectivity index (χ4n) is 0.372. The maximum absolute atomic E-state index is 10.4. The fraction of sp³-hybridized carbons (Fsp3) is 0.833. The Bertz CT molecular complexity index is 124. The van der Waals surface area contributed by atoms with Gasteiger partial charge >= 0.3 is 5.97 Å². The van der Waals surface area contributed by atoms with Crippen LogP contribution in [-0.4, -0.2) is 23.0 Å². The van der Waals surface area contributed by atoms with Gasteiger partial charge in [-0.15, -0.1) is 0 Å². The van der Waals surface area contributed by atoms with E-state index in [1.54, 1.807) is 20.8 Å². The molecule has 0 aromatic carbocycles. The van der Waals surface area contributed by atoms with Gasteiger partial charge in [0.1, 0.15) is 0 Å². The highest BCUT2D eigenvalue weighted by Crippen LogP contribution is 2.09. The Kier molecular flexibility index (Phi) is 2.80. The first-order valence-corrected chi connectivity index (χ1v) is 2.89. The summed E-state index contributed by atoms with van der Waals surface area (Å²) < 4.78 is 4.54. The lowest BCUT2D eigenvalue weighted by Gasteiger charge is -2.19. The average molecular weight is 147 g/mol. The molecule has 0 bridgehead atoms. The molecule has 1 atom stereocenters. The van der Waals surface area contributed by atoms with E-state index in [0.717, 1.165) is 0 Å². The molecule has 59 valence electrons. The molecule has 0 heterocycles. The highest BCUT2D eigenvalue weighted by Gasteiger charge is 2.23. The Balaban J connectivity index is 3.80. The molecule has 0 aliphatic heterocycles. The van der Waals surface area contributed by atoms with Crippen LogP contribution >= 0.6 is 0 Å². The Hall–Kier alpha value is -0.610. The molecule has 1 unspecified atom stereocenters. The van der Waals surface area contributed by atoms with E-state index in [9.17, 15) is 9.90 Å². The number of hydrogen-bond acceptors (Lipinski definition) is 2. The van der Waals surface area contributed by atoms with Gasteiger partial charge in [-0.1, -0.05) is 0 Å². The molecule has 0 saturated heterocycles. The molecular weight excluding hydrogens is 136 g/mol. The van der Waals surface area contributed by atoms with E-state index in [2.05, 4.69) is 4.74 Å². The van der Waals surface area contributed by atoms with Gasteiger partial charge in [-0.05, 0) is 20.8 Å². The first-order valence-electron chi connectivity index (χ1n) is 2.89. The lowest BCUT2D eigenvalue weighted by molar-refractivity contribution is -0.215. The minimum atomic E-state index is -1.97. The van der Waals surface area contributed by atoms with Crippen molar-refractivity contribution in [3.05, 3.63) is 0 Å². The normalized spacial score (nSPS) is 14.8. The zero-order valence-corrected chi connectivity index (χ0v) is 6.25. The van der Waals surface area contributed by atoms with Crippen LogP contribution in [0.4, 0.5) is 0 Å². The second kappa shape index (κ2) is 2.98. The second-order valence-electron chi connectivity index (χ2n) is 2.90. The molecule has 0 aliphatic rings. The molecule has 10 heavy (non-hydrogen) atoms. The molecule has 1 N–H and O–H groups in total. The summed E-state index contributed by atoms with van der Waals surface area (Å²) in [6.07, 6.45) is -1.97. The standard InChI is InChI=1S/C6H11O4/c1-6(2,3)10-5(9)4(7)8/h5H,1-3H3,(H,7,8). The predicted octanol–water partition coefficient (Wildman–Crippen LogP) is 0.643. The van der Waals surface area contributed by atoms with Gasteiger partial charge in [0.15, 0.2) is 0 Å². The largest absolute Gasteiger partial charge is 0.477 e. The van der Waals surface area contributed by atoms with Gasteiger partial charge in [0, 0.05) is 0 Å². The van der Waals surface area contributed by atoms with E-state index < -0.39 is 17.9 Å². The van der Waals surface area contributed by atoms with Crippen molar-refractivity contribution in [1.82, 2.24) is 0 Å². The SMILES string of the molecule is CC(C)(C)OC([O])C(=O)O. The molecule has 0 aromatic heterocycles. The Morgan fingerprint density at radius 2 is 1.90 bits per heavy atom. The molecule has 1 radical (unpaired) electrons. The van der Waals surface area contributed by atoms with Gasteiger partial charge in [0.05, 0.1) is 5.60 Å². The predicted molar refractivity (Wildman–Crippen MR) is 32.9 cm³/mol. The van der Waals surface area contributed by atoms with Crippen molar-refractivity contribution in [2.75, 3.05) is 0 Å². The van der Waals surface area contributed by atoms with Crippen molar-refractivity contribution in [3.63, 3.8) is 0 Å². The van der Waals surface area contributed by atoms with Crippen molar-refractivity contribution < 1.29 is 19.7 Å². The van der Waals surface area contributed by atoms with Crippen molar-refractivity contribution in [3.8, 4) is 0 Å². The number of carbonyl (C=O) groups is 1. The lowest BCUT2D eigenvalue weighted by atomic mass is 10.2. The quantitative estimate of drug-likeness (QED) is 0.583. The van der Waals surface area contributed by atoms with Crippen LogP contribution in [0.25, 0.3) is 0 Å². The van der Waals surface area contributed by atoms with E-state index in [4.69, 9.17) is 5.11 Å². The summed E-state index contributed by atoms with van der Waals surface area (Å²) in [5.74, 6) is -1.48. The maximum atomic E-state index is 10.4. The zero-order chi connectivity index (χ0) is 8.36. The fourth-order valence-corrected chi connectivity index (χ4v) is 0.372. The highest BCUT2D eigenvalue weighted by molar-refractivity contribution is 5.70. The van der Waals surface area contributed by atoms with Crippen LogP contribution in [-0.2, 0) is 14.6 Å². The van der Waals surface area contributed by atoms with Crippen LogP contribution in [0.15, 0.2) is 0 Å². The van der Waals surface area contributed by atoms with Gasteiger partial charge in [-0.25, -0.2) is 4.79 Å². The third kappa shape index (κ3) is 4.29. The number of rotatable bonds is 2. The van der Waals surface area contributed by atoms with Crippen molar-refractivity contribution >= 4 is 5.97 Å². The van der Waals surface area contributed by atoms with E-state index in [0.29, 0.717) is 0 Å². The first kappa shape index (κ1) is 9.39. The van der Waals surface area contributed by atoms with Crippen LogP contribution in [0.5, 0.6) is 0 Å². The molecule has 0 saturated carbocycles. The summed E-state index contributed by atoms with van der Waals surface area (Å²) in [5.41, 5.74) is -0.690. The van der Waals surface area contributed by atoms with E-state index in [-0.39, 0.29) is 0 Å². The third-order valence-corrected chi connectivity index (χ3v) is 0.662. The molecule has 0 amide bonds. The van der Waals surface area contributed by atoms with E-state index in [1.807, 2.05) is 0 Å². The monoisotopic (exact) mass is 147 g/mol. The summed E-state index contributed by atoms with van der Waals surface area (Å²) in [6.45, 7) is 4.88. The molecular formula is C6H11O4. The van der Waals surface area contributed by atoms with Gasteiger partial charge in [-0.2, -0.15) is 5.11 Å². The molecule has 4 heteroatoms. The smallest absolute Gasteiger partial charge is 0.364 e. The summed E-state index contributed by atoms with van der Waals surface area (Å²) in [7, 11) is 0. The highest BCUT2D eigenvalue weighted by atomic mass is 16.6. The van der Waals surface area contributed by atoms with E-state index >= 15 is 0 Å². The second-order valence-corrected chi connectivity index (χ2v) is 2.90. The van der Waals surface area contributed by atoms with Crippen LogP contribution in [0.2, 0.25) is 0 Å². The van der Waals surface area contributed by atoms with Gasteiger partial charge < -0.3 is 9.84 Å². The number of hydrogen-bond donors (Lipinski definition) is 1. The molecule has 0 aliphatic carbocycles. The topological polar surface area (TPSA) is 66.4 Å². The molecule has 0 aromatic rings. The lowest BCUT2D eigenvalue weighted by Crippen LogP contribution is -2.31. The van der Waals surface area contributed by atoms with Crippen LogP contribution in [0, 0.1) is 0 Å². The number of carboxylic acid groups (broad SMARTS) is 1. The number of ether oxygens (including phenoxy) is 1. The van der Waals surface area contributed by atoms with Crippen LogP contribution in [0.1, 0.15) is 20.8 Å². The summed E-state index contributed by atoms with van der Waals surface area (Å²) in [4.78, 5) is 9.94. The van der Waals surface area contributed by atoms with Gasteiger partial charge in [0.25, 0.3) is 6.29 Å². The maximum Gasteiger partial charge on any atom is 0.364 e. The molecule has 4 nitrogen and oxygen atoms in total. The summed E-state index contributed by atoms with van der Waals surface area (Å²) in [6, 6.07) is 0. The van der Waals surface area contributed by atoms with Crippen molar-refractivity contribution in [1.29, 1.82) is 0 Å². The van der Waals surface area contributed by atoms with Crippen LogP contribution < -0.4 is 0 Å². The van der Waals surface area contributed by atoms with Gasteiger partial charge in [0.2, 0.25) is 0 Å². The van der Waals surface area contributed by atoms with Crippen LogP contribution in [0.3, 0.4) is 0 Å². The summed E-state index contributed by atoms with van der Waals surface area (Å²) in [5, 5.41) is 18.5. The molecule has 0 spiro atoms. The third-order valence-electron chi connectivity index (χ3n) is 0.662. The minimum absolute atomic E-state index is 0.690. The Labute approximate surface area is 59.4 Å². The van der Waals surface area contributed by atoms with Gasteiger partial charge in [-0.3, -0.25) is 0 Å². The summed E-state index contributed by atoms with van der Waals surface area (Å²) >= 11 is 0. The minimum Gasteiger partial charge on any atom is -0.477 e. The van der Waals surface area contributed by atoms with Crippen molar-refractivity contribution in [2.45, 2.75) is 32.7 Å².